The minimum Gasteiger partial charge on any atom is -0.469 e. The van der Waals surface area contributed by atoms with Gasteiger partial charge in [0, 0.05) is 34.2 Å². The number of ketones is 1. The van der Waals surface area contributed by atoms with Gasteiger partial charge in [0.1, 0.15) is 5.76 Å². The second-order valence-electron chi connectivity index (χ2n) is 9.57. The summed E-state index contributed by atoms with van der Waals surface area (Å²) in [6, 6.07) is 25.8. The first kappa shape index (κ1) is 23.3. The van der Waals surface area contributed by atoms with E-state index in [2.05, 4.69) is 5.32 Å². The number of Topliss-reactive ketones (excluding diaryl/α,β-unsaturated/α-hetero) is 1. The first-order chi connectivity index (χ1) is 18.0. The molecule has 1 N–H and O–H groups in total. The zero-order valence-corrected chi connectivity index (χ0v) is 21.0. The molecule has 0 unspecified atom stereocenters. The summed E-state index contributed by atoms with van der Waals surface area (Å²) >= 11 is 6.23. The molecule has 0 spiro atoms. The Morgan fingerprint density at radius 3 is 2.43 bits per heavy atom. The number of carbonyl (C=O) groups is 2. The fourth-order valence-electron chi connectivity index (χ4n) is 5.33. The third-order valence-electron chi connectivity index (χ3n) is 7.14. The van der Waals surface area contributed by atoms with Crippen LogP contribution in [0, 0.1) is 6.92 Å². The number of halogens is 1. The summed E-state index contributed by atoms with van der Waals surface area (Å²) < 4.78 is 5.67. The highest BCUT2D eigenvalue weighted by Crippen LogP contribution is 2.48. The van der Waals surface area contributed by atoms with Crippen LogP contribution in [-0.4, -0.2) is 11.7 Å². The maximum Gasteiger partial charge on any atom is 0.259 e. The van der Waals surface area contributed by atoms with Gasteiger partial charge in [0.2, 0.25) is 0 Å². The van der Waals surface area contributed by atoms with Crippen molar-refractivity contribution in [1.82, 2.24) is 0 Å². The third-order valence-corrected chi connectivity index (χ3v) is 7.39. The monoisotopic (exact) mass is 508 g/mol. The molecule has 0 fully saturated rings. The van der Waals surface area contributed by atoms with Crippen molar-refractivity contribution in [2.45, 2.75) is 31.7 Å². The molecular weight excluding hydrogens is 484 g/mol. The van der Waals surface area contributed by atoms with E-state index in [4.69, 9.17) is 16.0 Å². The van der Waals surface area contributed by atoms with E-state index in [0.717, 1.165) is 28.3 Å². The summed E-state index contributed by atoms with van der Waals surface area (Å²) in [5.41, 5.74) is 5.34. The molecule has 1 aliphatic heterocycles. The number of nitrogens with one attached hydrogen (secondary N) is 1. The molecule has 184 valence electrons. The smallest absolute Gasteiger partial charge is 0.259 e. The zero-order chi connectivity index (χ0) is 25.5. The summed E-state index contributed by atoms with van der Waals surface area (Å²) in [4.78, 5) is 29.9. The van der Waals surface area contributed by atoms with Gasteiger partial charge in [-0.05, 0) is 67.4 Å². The van der Waals surface area contributed by atoms with Crippen molar-refractivity contribution in [3.05, 3.63) is 130 Å². The predicted octanol–water partition coefficient (Wildman–Crippen LogP) is 7.46. The van der Waals surface area contributed by atoms with E-state index in [1.165, 1.54) is 0 Å². The molecule has 4 aromatic rings. The zero-order valence-electron chi connectivity index (χ0n) is 20.3. The number of anilines is 2. The van der Waals surface area contributed by atoms with Gasteiger partial charge in [-0.2, -0.15) is 0 Å². The van der Waals surface area contributed by atoms with Crippen LogP contribution in [0.1, 0.15) is 52.0 Å². The van der Waals surface area contributed by atoms with Crippen molar-refractivity contribution in [3.63, 3.8) is 0 Å². The number of hydrogen-bond donors (Lipinski definition) is 1. The molecule has 0 bridgehead atoms. The standard InChI is InChI=1S/C31H25ClN2O3/c1-19-8-10-21(11-9-19)31(36)34-26-6-3-2-5-24(26)33-25-17-22(28-7-4-16-37-28)18-27(35)29(25)30(34)20-12-14-23(32)15-13-20/h2-16,22,30,33H,17-18H2,1H3/t22-,30-/m1/s1. The predicted molar refractivity (Wildman–Crippen MR) is 145 cm³/mol. The highest BCUT2D eigenvalue weighted by Gasteiger charge is 2.42. The van der Waals surface area contributed by atoms with Gasteiger partial charge in [0.25, 0.3) is 5.91 Å². The van der Waals surface area contributed by atoms with Crippen molar-refractivity contribution in [3.8, 4) is 0 Å². The Kier molecular flexibility index (Phi) is 5.93. The number of rotatable bonds is 3. The van der Waals surface area contributed by atoms with E-state index < -0.39 is 6.04 Å². The summed E-state index contributed by atoms with van der Waals surface area (Å²) in [6.45, 7) is 1.99. The number of aryl methyl sites for hydroxylation is 1. The molecule has 6 rings (SSSR count). The van der Waals surface area contributed by atoms with Crippen molar-refractivity contribution in [2.75, 3.05) is 10.2 Å². The molecule has 2 atom stereocenters. The van der Waals surface area contributed by atoms with Crippen LogP contribution < -0.4 is 10.2 Å². The normalized spacial score (nSPS) is 19.1. The van der Waals surface area contributed by atoms with Crippen LogP contribution in [-0.2, 0) is 4.79 Å². The second kappa shape index (κ2) is 9.41. The van der Waals surface area contributed by atoms with Crippen LogP contribution in [0.4, 0.5) is 11.4 Å². The maximum atomic E-state index is 14.2. The van der Waals surface area contributed by atoms with Crippen molar-refractivity contribution < 1.29 is 14.0 Å². The lowest BCUT2D eigenvalue weighted by Crippen LogP contribution is -2.38. The van der Waals surface area contributed by atoms with Gasteiger partial charge in [0.05, 0.1) is 23.7 Å². The second-order valence-corrected chi connectivity index (χ2v) is 10.0. The van der Waals surface area contributed by atoms with Crippen LogP contribution in [0.25, 0.3) is 0 Å². The lowest BCUT2D eigenvalue weighted by atomic mass is 9.80. The third kappa shape index (κ3) is 4.25. The molecule has 1 amide bonds. The van der Waals surface area contributed by atoms with Gasteiger partial charge in [0.15, 0.2) is 5.78 Å². The lowest BCUT2D eigenvalue weighted by Gasteiger charge is -2.35. The van der Waals surface area contributed by atoms with E-state index in [1.807, 2.05) is 79.7 Å². The van der Waals surface area contributed by atoms with E-state index in [9.17, 15) is 9.59 Å². The Labute approximate surface area is 220 Å². The van der Waals surface area contributed by atoms with Crippen molar-refractivity contribution in [2.24, 2.45) is 0 Å². The Bertz CT molecular complexity index is 1510. The summed E-state index contributed by atoms with van der Waals surface area (Å²) in [7, 11) is 0. The number of allylic oxidation sites excluding steroid dienone is 1. The minimum atomic E-state index is -0.623. The molecule has 6 heteroatoms. The first-order valence-electron chi connectivity index (χ1n) is 12.3. The average Bonchev–Trinajstić information content (AvgIpc) is 3.40. The summed E-state index contributed by atoms with van der Waals surface area (Å²) in [6.07, 6.45) is 2.54. The van der Waals surface area contributed by atoms with Gasteiger partial charge in [-0.15, -0.1) is 0 Å². The van der Waals surface area contributed by atoms with Gasteiger partial charge in [-0.1, -0.05) is 53.6 Å². The molecule has 0 saturated heterocycles. The molecule has 0 saturated carbocycles. The highest BCUT2D eigenvalue weighted by atomic mass is 35.5. The van der Waals surface area contributed by atoms with Gasteiger partial charge < -0.3 is 9.73 Å². The van der Waals surface area contributed by atoms with Crippen molar-refractivity contribution in [1.29, 1.82) is 0 Å². The molecule has 2 heterocycles. The minimum absolute atomic E-state index is 0.00962. The Morgan fingerprint density at radius 1 is 0.946 bits per heavy atom. The van der Waals surface area contributed by atoms with E-state index in [-0.39, 0.29) is 17.6 Å². The fraction of sp³-hybridized carbons (Fsp3) is 0.161. The number of hydrogen-bond acceptors (Lipinski definition) is 4. The highest BCUT2D eigenvalue weighted by molar-refractivity contribution is 6.30. The molecule has 37 heavy (non-hydrogen) atoms. The van der Waals surface area contributed by atoms with E-state index in [1.54, 1.807) is 23.3 Å². The Hall–Kier alpha value is -4.09. The van der Waals surface area contributed by atoms with Gasteiger partial charge >= 0.3 is 0 Å². The molecule has 3 aromatic carbocycles. The van der Waals surface area contributed by atoms with Crippen LogP contribution in [0.5, 0.6) is 0 Å². The fourth-order valence-corrected chi connectivity index (χ4v) is 5.46. The number of fused-ring (bicyclic) bond motifs is 1. The Morgan fingerprint density at radius 2 is 1.70 bits per heavy atom. The molecule has 1 aliphatic carbocycles. The number of nitrogens with zero attached hydrogens (tertiary/aromatic N) is 1. The van der Waals surface area contributed by atoms with E-state index in [0.29, 0.717) is 34.7 Å². The van der Waals surface area contributed by atoms with Crippen LogP contribution in [0.15, 0.2) is 107 Å². The maximum absolute atomic E-state index is 14.2. The van der Waals surface area contributed by atoms with Crippen molar-refractivity contribution >= 4 is 34.7 Å². The van der Waals surface area contributed by atoms with Crippen LogP contribution in [0.3, 0.4) is 0 Å². The molecule has 1 aromatic heterocycles. The molecule has 0 radical (unpaired) electrons. The summed E-state index contributed by atoms with van der Waals surface area (Å²) in [5.74, 6) is 0.523. The molecular formula is C31H25ClN2O3. The first-order valence-corrected chi connectivity index (χ1v) is 12.7. The van der Waals surface area contributed by atoms with Gasteiger partial charge in [-0.25, -0.2) is 0 Å². The lowest BCUT2D eigenvalue weighted by molar-refractivity contribution is -0.116. The molecule has 2 aliphatic rings. The number of para-hydroxylation sites is 2. The number of benzene rings is 3. The number of amides is 1. The number of furan rings is 1. The average molecular weight is 509 g/mol. The SMILES string of the molecule is Cc1ccc(C(=O)N2c3ccccc3NC3=C(C(=O)C[C@H](c4ccco4)C3)[C@H]2c2ccc(Cl)cc2)cc1. The topological polar surface area (TPSA) is 62.6 Å². The van der Waals surface area contributed by atoms with Crippen LogP contribution in [0.2, 0.25) is 5.02 Å². The summed E-state index contributed by atoms with van der Waals surface area (Å²) in [5, 5.41) is 4.13. The van der Waals surface area contributed by atoms with E-state index >= 15 is 0 Å². The van der Waals surface area contributed by atoms with Gasteiger partial charge in [-0.3, -0.25) is 14.5 Å². The quantitative estimate of drug-likeness (QED) is 0.312. The Balaban J connectivity index is 1.57. The largest absolute Gasteiger partial charge is 0.469 e. The number of carbonyl (C=O) groups excluding carboxylic acids is 2. The van der Waals surface area contributed by atoms with Crippen LogP contribution >= 0.6 is 11.6 Å². The molecule has 5 nitrogen and oxygen atoms in total.